The van der Waals surface area contributed by atoms with Crippen LogP contribution in [0.25, 0.3) is 0 Å². The Morgan fingerprint density at radius 1 is 1.05 bits per heavy atom. The van der Waals surface area contributed by atoms with Crippen molar-refractivity contribution in [1.82, 2.24) is 5.32 Å². The molecule has 0 aliphatic heterocycles. The summed E-state index contributed by atoms with van der Waals surface area (Å²) >= 11 is 0. The fourth-order valence-corrected chi connectivity index (χ4v) is 3.26. The second-order valence-corrected chi connectivity index (χ2v) is 8.57. The number of methoxy groups -OCH3 is 1. The van der Waals surface area contributed by atoms with Gasteiger partial charge in [-0.25, -0.2) is 0 Å². The van der Waals surface area contributed by atoms with E-state index in [4.69, 9.17) is 4.74 Å². The Morgan fingerprint density at radius 3 is 2.25 bits per heavy atom. The number of hydrogen-bond acceptors (Lipinski definition) is 2. The zero-order valence-corrected chi connectivity index (χ0v) is 14.9. The van der Waals surface area contributed by atoms with Crippen LogP contribution in [0.4, 0.5) is 0 Å². The van der Waals surface area contributed by atoms with E-state index >= 15 is 0 Å². The quantitative estimate of drug-likeness (QED) is 0.767. The minimum Gasteiger partial charge on any atom is -0.379 e. The lowest BCUT2D eigenvalue weighted by molar-refractivity contribution is 0.00459. The highest BCUT2D eigenvalue weighted by Crippen LogP contribution is 2.37. The Balaban J connectivity index is 2.52. The van der Waals surface area contributed by atoms with Gasteiger partial charge in [-0.15, -0.1) is 0 Å². The molecule has 3 atom stereocenters. The van der Waals surface area contributed by atoms with E-state index in [1.807, 2.05) is 7.11 Å². The lowest BCUT2D eigenvalue weighted by atomic mass is 9.71. The molecule has 0 aromatic rings. The summed E-state index contributed by atoms with van der Waals surface area (Å²) in [6.07, 6.45) is 6.67. The zero-order chi connectivity index (χ0) is 15.4. The highest BCUT2D eigenvalue weighted by atomic mass is 16.5. The second kappa shape index (κ2) is 7.26. The number of ether oxygens (including phenoxy) is 1. The monoisotopic (exact) mass is 283 g/mol. The summed E-state index contributed by atoms with van der Waals surface area (Å²) in [5, 5.41) is 3.72. The van der Waals surface area contributed by atoms with Crippen LogP contribution in [0, 0.1) is 17.8 Å². The molecule has 0 aromatic heterocycles. The van der Waals surface area contributed by atoms with Crippen molar-refractivity contribution in [1.29, 1.82) is 0 Å². The molecule has 20 heavy (non-hydrogen) atoms. The van der Waals surface area contributed by atoms with Crippen LogP contribution >= 0.6 is 0 Å². The molecule has 0 radical (unpaired) electrons. The minimum absolute atomic E-state index is 0.0304. The standard InChI is InChI=1S/C18H37NO/c1-14-8-9-16(13-19-17(2,3)4)15(12-14)10-11-18(5,6)20-7/h14-16,19H,8-13H2,1-7H3. The van der Waals surface area contributed by atoms with Gasteiger partial charge in [0, 0.05) is 12.6 Å². The van der Waals surface area contributed by atoms with Gasteiger partial charge in [-0.05, 0) is 84.6 Å². The summed E-state index contributed by atoms with van der Waals surface area (Å²) < 4.78 is 5.59. The Hall–Kier alpha value is -0.0800. The molecule has 1 rings (SSSR count). The predicted octanol–water partition coefficient (Wildman–Crippen LogP) is 4.63. The number of nitrogens with one attached hydrogen (secondary N) is 1. The van der Waals surface area contributed by atoms with Crippen LogP contribution < -0.4 is 5.32 Å². The Labute approximate surface area is 127 Å². The van der Waals surface area contributed by atoms with Gasteiger partial charge in [0.25, 0.3) is 0 Å². The molecule has 1 aliphatic rings. The third-order valence-electron chi connectivity index (χ3n) is 4.97. The smallest absolute Gasteiger partial charge is 0.0622 e. The first-order chi connectivity index (χ1) is 9.13. The molecule has 1 fully saturated rings. The first kappa shape index (κ1) is 18.0. The third-order valence-corrected chi connectivity index (χ3v) is 4.97. The van der Waals surface area contributed by atoms with Gasteiger partial charge >= 0.3 is 0 Å². The molecular formula is C18H37NO. The molecule has 0 amide bonds. The van der Waals surface area contributed by atoms with Gasteiger partial charge in [0.05, 0.1) is 5.60 Å². The van der Waals surface area contributed by atoms with Crippen LogP contribution in [0.3, 0.4) is 0 Å². The molecule has 0 heterocycles. The zero-order valence-electron chi connectivity index (χ0n) is 14.9. The van der Waals surface area contributed by atoms with E-state index < -0.39 is 0 Å². The molecule has 2 heteroatoms. The average molecular weight is 284 g/mol. The first-order valence-electron chi connectivity index (χ1n) is 8.43. The number of hydrogen-bond donors (Lipinski definition) is 1. The van der Waals surface area contributed by atoms with Gasteiger partial charge < -0.3 is 10.1 Å². The van der Waals surface area contributed by atoms with E-state index in [9.17, 15) is 0 Å². The van der Waals surface area contributed by atoms with Crippen molar-refractivity contribution in [3.05, 3.63) is 0 Å². The van der Waals surface area contributed by atoms with Crippen LogP contribution in [0.2, 0.25) is 0 Å². The van der Waals surface area contributed by atoms with Crippen molar-refractivity contribution in [2.24, 2.45) is 17.8 Å². The fourth-order valence-electron chi connectivity index (χ4n) is 3.26. The van der Waals surface area contributed by atoms with E-state index in [0.717, 1.165) is 17.8 Å². The molecule has 0 bridgehead atoms. The highest BCUT2D eigenvalue weighted by molar-refractivity contribution is 4.84. The molecule has 1 N–H and O–H groups in total. The van der Waals surface area contributed by atoms with Crippen molar-refractivity contribution < 1.29 is 4.74 Å². The molecule has 0 saturated heterocycles. The van der Waals surface area contributed by atoms with E-state index in [0.29, 0.717) is 0 Å². The summed E-state index contributed by atoms with van der Waals surface area (Å²) in [5.74, 6) is 2.61. The van der Waals surface area contributed by atoms with E-state index in [1.165, 1.54) is 38.6 Å². The molecule has 1 aliphatic carbocycles. The van der Waals surface area contributed by atoms with Crippen molar-refractivity contribution in [2.75, 3.05) is 13.7 Å². The maximum atomic E-state index is 5.59. The largest absolute Gasteiger partial charge is 0.379 e. The van der Waals surface area contributed by atoms with Crippen LogP contribution in [-0.2, 0) is 4.74 Å². The van der Waals surface area contributed by atoms with Gasteiger partial charge in [-0.3, -0.25) is 0 Å². The Morgan fingerprint density at radius 2 is 1.70 bits per heavy atom. The lowest BCUT2D eigenvalue weighted by Crippen LogP contribution is -2.42. The molecule has 1 saturated carbocycles. The fraction of sp³-hybridized carbons (Fsp3) is 1.00. The first-order valence-corrected chi connectivity index (χ1v) is 8.43. The summed E-state index contributed by atoms with van der Waals surface area (Å²) in [5.41, 5.74) is 0.266. The van der Waals surface area contributed by atoms with Gasteiger partial charge in [-0.1, -0.05) is 13.3 Å². The van der Waals surface area contributed by atoms with Crippen LogP contribution in [0.5, 0.6) is 0 Å². The Bertz CT molecular complexity index is 280. The second-order valence-electron chi connectivity index (χ2n) is 8.57. The van der Waals surface area contributed by atoms with E-state index in [-0.39, 0.29) is 11.1 Å². The van der Waals surface area contributed by atoms with E-state index in [2.05, 4.69) is 46.9 Å². The topological polar surface area (TPSA) is 21.3 Å². The van der Waals surface area contributed by atoms with Crippen molar-refractivity contribution in [3.8, 4) is 0 Å². The normalized spacial score (nSPS) is 28.6. The lowest BCUT2D eigenvalue weighted by Gasteiger charge is -2.38. The van der Waals surface area contributed by atoms with Crippen molar-refractivity contribution in [3.63, 3.8) is 0 Å². The maximum Gasteiger partial charge on any atom is 0.0622 e. The molecule has 0 aromatic carbocycles. The van der Waals surface area contributed by atoms with Gasteiger partial charge in [0.1, 0.15) is 0 Å². The van der Waals surface area contributed by atoms with Crippen molar-refractivity contribution in [2.45, 2.75) is 84.8 Å². The van der Waals surface area contributed by atoms with Crippen LogP contribution in [-0.4, -0.2) is 24.8 Å². The average Bonchev–Trinajstić information content (AvgIpc) is 2.34. The summed E-state index contributed by atoms with van der Waals surface area (Å²) in [4.78, 5) is 0. The Kier molecular flexibility index (Phi) is 6.53. The summed E-state index contributed by atoms with van der Waals surface area (Å²) in [6.45, 7) is 14.8. The number of rotatable bonds is 6. The molecule has 0 spiro atoms. The van der Waals surface area contributed by atoms with Gasteiger partial charge in [0.2, 0.25) is 0 Å². The maximum absolute atomic E-state index is 5.59. The third kappa shape index (κ3) is 6.58. The SMILES string of the molecule is COC(C)(C)CCC1CC(C)CCC1CNC(C)(C)C. The van der Waals surface area contributed by atoms with Crippen molar-refractivity contribution >= 4 is 0 Å². The van der Waals surface area contributed by atoms with E-state index in [1.54, 1.807) is 0 Å². The molecule has 3 unspecified atom stereocenters. The predicted molar refractivity (Wildman–Crippen MR) is 88.1 cm³/mol. The van der Waals surface area contributed by atoms with Gasteiger partial charge in [-0.2, -0.15) is 0 Å². The highest BCUT2D eigenvalue weighted by Gasteiger charge is 2.30. The molecule has 2 nitrogen and oxygen atoms in total. The summed E-state index contributed by atoms with van der Waals surface area (Å²) in [7, 11) is 1.84. The molecule has 120 valence electrons. The van der Waals surface area contributed by atoms with Crippen LogP contribution in [0.15, 0.2) is 0 Å². The summed E-state index contributed by atoms with van der Waals surface area (Å²) in [6, 6.07) is 0. The molecular weight excluding hydrogens is 246 g/mol. The van der Waals surface area contributed by atoms with Crippen LogP contribution in [0.1, 0.15) is 73.6 Å². The van der Waals surface area contributed by atoms with Gasteiger partial charge in [0.15, 0.2) is 0 Å². The minimum atomic E-state index is 0.0304.